The van der Waals surface area contributed by atoms with Crippen LogP contribution < -0.4 is 0 Å². The van der Waals surface area contributed by atoms with Gasteiger partial charge in [-0.1, -0.05) is 47.0 Å². The molecule has 0 aromatic rings. The molecular formula is C14H27Cl. The second-order valence-electron chi connectivity index (χ2n) is 6.23. The van der Waals surface area contributed by atoms with Gasteiger partial charge in [0.05, 0.1) is 0 Å². The summed E-state index contributed by atoms with van der Waals surface area (Å²) in [5, 5.41) is 0.416. The first-order valence-electron chi connectivity index (χ1n) is 6.61. The first-order chi connectivity index (χ1) is 6.96. The summed E-state index contributed by atoms with van der Waals surface area (Å²) < 4.78 is 0. The largest absolute Gasteiger partial charge is 0.123 e. The number of hydrogen-bond acceptors (Lipinski definition) is 0. The molecule has 0 bridgehead atoms. The molecule has 15 heavy (non-hydrogen) atoms. The molecule has 0 aromatic heterocycles. The van der Waals surface area contributed by atoms with Crippen molar-refractivity contribution in [2.45, 2.75) is 71.6 Å². The van der Waals surface area contributed by atoms with Crippen LogP contribution in [0.4, 0.5) is 0 Å². The minimum atomic E-state index is 0.416. The van der Waals surface area contributed by atoms with E-state index in [-0.39, 0.29) is 0 Å². The molecular weight excluding hydrogens is 204 g/mol. The second kappa shape index (κ2) is 5.57. The Labute approximate surface area is 101 Å². The van der Waals surface area contributed by atoms with E-state index in [0.29, 0.717) is 10.8 Å². The van der Waals surface area contributed by atoms with Gasteiger partial charge in [0.15, 0.2) is 0 Å². The highest BCUT2D eigenvalue weighted by molar-refractivity contribution is 6.20. The van der Waals surface area contributed by atoms with Gasteiger partial charge in [0, 0.05) is 5.38 Å². The maximum Gasteiger partial charge on any atom is 0.0367 e. The van der Waals surface area contributed by atoms with Gasteiger partial charge in [0.25, 0.3) is 0 Å². The van der Waals surface area contributed by atoms with Gasteiger partial charge in [0.2, 0.25) is 0 Å². The summed E-state index contributed by atoms with van der Waals surface area (Å²) >= 11 is 6.56. The van der Waals surface area contributed by atoms with E-state index in [1.807, 2.05) is 0 Å². The maximum absolute atomic E-state index is 6.56. The van der Waals surface area contributed by atoms with Gasteiger partial charge in [0.1, 0.15) is 0 Å². The number of halogens is 1. The smallest absolute Gasteiger partial charge is 0.0367 e. The predicted molar refractivity (Wildman–Crippen MR) is 69.5 cm³/mol. The molecule has 90 valence electrons. The first-order valence-corrected chi connectivity index (χ1v) is 7.04. The zero-order valence-electron chi connectivity index (χ0n) is 10.9. The van der Waals surface area contributed by atoms with Gasteiger partial charge in [-0.25, -0.2) is 0 Å². The molecule has 0 aliphatic heterocycles. The van der Waals surface area contributed by atoms with Crippen LogP contribution >= 0.6 is 11.6 Å². The Hall–Kier alpha value is 0.290. The zero-order valence-corrected chi connectivity index (χ0v) is 11.6. The standard InChI is InChI=1S/C14H27Cl/c1-5-8-13(15)11-9-6-7-10-12(11)14(2,3)4/h11-13H,5-10H2,1-4H3. The Morgan fingerprint density at radius 2 is 1.80 bits per heavy atom. The van der Waals surface area contributed by atoms with Gasteiger partial charge < -0.3 is 0 Å². The minimum absolute atomic E-state index is 0.416. The van der Waals surface area contributed by atoms with Crippen LogP contribution in [0.2, 0.25) is 0 Å². The van der Waals surface area contributed by atoms with Crippen molar-refractivity contribution in [3.63, 3.8) is 0 Å². The third-order valence-electron chi connectivity index (χ3n) is 3.96. The zero-order chi connectivity index (χ0) is 11.5. The van der Waals surface area contributed by atoms with Gasteiger partial charge >= 0.3 is 0 Å². The molecule has 1 heteroatoms. The topological polar surface area (TPSA) is 0 Å². The average Bonchev–Trinajstić information content (AvgIpc) is 2.17. The molecule has 0 N–H and O–H groups in total. The molecule has 0 nitrogen and oxygen atoms in total. The van der Waals surface area contributed by atoms with E-state index in [9.17, 15) is 0 Å². The lowest BCUT2D eigenvalue weighted by atomic mass is 9.65. The van der Waals surface area contributed by atoms with E-state index >= 15 is 0 Å². The van der Waals surface area contributed by atoms with Crippen LogP contribution in [0.1, 0.15) is 66.2 Å². The molecule has 0 heterocycles. The highest BCUT2D eigenvalue weighted by atomic mass is 35.5. The number of rotatable bonds is 3. The van der Waals surface area contributed by atoms with Crippen molar-refractivity contribution >= 4 is 11.6 Å². The summed E-state index contributed by atoms with van der Waals surface area (Å²) in [6.45, 7) is 9.38. The van der Waals surface area contributed by atoms with Gasteiger partial charge in [-0.05, 0) is 36.5 Å². The van der Waals surface area contributed by atoms with Crippen molar-refractivity contribution in [3.8, 4) is 0 Å². The van der Waals surface area contributed by atoms with Crippen molar-refractivity contribution in [1.29, 1.82) is 0 Å². The van der Waals surface area contributed by atoms with Crippen LogP contribution in [0.3, 0.4) is 0 Å². The molecule has 3 atom stereocenters. The molecule has 0 spiro atoms. The molecule has 1 fully saturated rings. The fraction of sp³-hybridized carbons (Fsp3) is 1.00. The lowest BCUT2D eigenvalue weighted by Gasteiger charge is -2.42. The van der Waals surface area contributed by atoms with Gasteiger partial charge in [-0.15, -0.1) is 11.6 Å². The Bertz CT molecular complexity index is 180. The third kappa shape index (κ3) is 3.66. The second-order valence-corrected chi connectivity index (χ2v) is 6.79. The number of alkyl halides is 1. The molecule has 0 radical (unpaired) electrons. The van der Waals surface area contributed by atoms with Crippen molar-refractivity contribution in [2.24, 2.45) is 17.3 Å². The normalized spacial score (nSPS) is 30.2. The van der Waals surface area contributed by atoms with E-state index in [1.54, 1.807) is 0 Å². The Morgan fingerprint density at radius 3 is 2.33 bits per heavy atom. The fourth-order valence-corrected chi connectivity index (χ4v) is 3.68. The van der Waals surface area contributed by atoms with Crippen LogP contribution in [-0.4, -0.2) is 5.38 Å². The van der Waals surface area contributed by atoms with E-state index in [2.05, 4.69) is 27.7 Å². The van der Waals surface area contributed by atoms with Gasteiger partial charge in [-0.3, -0.25) is 0 Å². The van der Waals surface area contributed by atoms with Crippen LogP contribution in [0, 0.1) is 17.3 Å². The van der Waals surface area contributed by atoms with Crippen LogP contribution in [-0.2, 0) is 0 Å². The van der Waals surface area contributed by atoms with Crippen molar-refractivity contribution in [2.75, 3.05) is 0 Å². The third-order valence-corrected chi connectivity index (χ3v) is 4.50. The highest BCUT2D eigenvalue weighted by Crippen LogP contribution is 2.45. The molecule has 1 aliphatic rings. The lowest BCUT2D eigenvalue weighted by molar-refractivity contribution is 0.102. The number of hydrogen-bond donors (Lipinski definition) is 0. The Kier molecular flexibility index (Phi) is 4.96. The average molecular weight is 231 g/mol. The quantitative estimate of drug-likeness (QED) is 0.582. The molecule has 1 rings (SSSR count). The first kappa shape index (κ1) is 13.4. The summed E-state index contributed by atoms with van der Waals surface area (Å²) in [5.74, 6) is 1.60. The predicted octanol–water partition coefficient (Wildman–Crippen LogP) is 5.25. The van der Waals surface area contributed by atoms with E-state index in [0.717, 1.165) is 11.8 Å². The maximum atomic E-state index is 6.56. The Morgan fingerprint density at radius 1 is 1.20 bits per heavy atom. The summed E-state index contributed by atoms with van der Waals surface area (Å²) in [7, 11) is 0. The Balaban J connectivity index is 2.65. The van der Waals surface area contributed by atoms with Gasteiger partial charge in [-0.2, -0.15) is 0 Å². The van der Waals surface area contributed by atoms with Crippen LogP contribution in [0.15, 0.2) is 0 Å². The molecule has 0 aromatic carbocycles. The van der Waals surface area contributed by atoms with E-state index in [1.165, 1.54) is 38.5 Å². The van der Waals surface area contributed by atoms with Crippen LogP contribution in [0.25, 0.3) is 0 Å². The molecule has 1 saturated carbocycles. The summed E-state index contributed by atoms with van der Waals surface area (Å²) in [5.41, 5.74) is 0.436. The molecule has 3 unspecified atom stereocenters. The monoisotopic (exact) mass is 230 g/mol. The van der Waals surface area contributed by atoms with Crippen LogP contribution in [0.5, 0.6) is 0 Å². The summed E-state index contributed by atoms with van der Waals surface area (Å²) in [6, 6.07) is 0. The molecule has 0 amide bonds. The van der Waals surface area contributed by atoms with E-state index < -0.39 is 0 Å². The summed E-state index contributed by atoms with van der Waals surface area (Å²) in [6.07, 6.45) is 7.97. The van der Waals surface area contributed by atoms with E-state index in [4.69, 9.17) is 11.6 Å². The van der Waals surface area contributed by atoms with Crippen molar-refractivity contribution < 1.29 is 0 Å². The lowest BCUT2D eigenvalue weighted by Crippen LogP contribution is -2.35. The SMILES string of the molecule is CCCC(Cl)C1CCCCC1C(C)(C)C. The highest BCUT2D eigenvalue weighted by Gasteiger charge is 2.37. The molecule has 1 aliphatic carbocycles. The van der Waals surface area contributed by atoms with Crippen molar-refractivity contribution in [1.82, 2.24) is 0 Å². The summed E-state index contributed by atoms with van der Waals surface area (Å²) in [4.78, 5) is 0. The minimum Gasteiger partial charge on any atom is -0.123 e. The fourth-order valence-electron chi connectivity index (χ4n) is 3.16. The molecule has 0 saturated heterocycles. The van der Waals surface area contributed by atoms with Crippen molar-refractivity contribution in [3.05, 3.63) is 0 Å².